The SMILES string of the molecule is CCOc1ccc(NC(=O)CSc2ccc(NC(=O)/C(=C/c3ccccc3C)NC(=O)c3ccccc3)cc2)cc1. The van der Waals surface area contributed by atoms with Gasteiger partial charge in [0.1, 0.15) is 11.4 Å². The van der Waals surface area contributed by atoms with Crippen molar-refractivity contribution in [3.63, 3.8) is 0 Å². The van der Waals surface area contributed by atoms with Crippen LogP contribution in [0.15, 0.2) is 114 Å². The van der Waals surface area contributed by atoms with Crippen molar-refractivity contribution in [3.05, 3.63) is 126 Å². The lowest BCUT2D eigenvalue weighted by molar-refractivity contribution is -0.114. The van der Waals surface area contributed by atoms with Gasteiger partial charge in [-0.05, 0) is 91.7 Å². The van der Waals surface area contributed by atoms with E-state index >= 15 is 0 Å². The Hall–Kier alpha value is -4.82. The summed E-state index contributed by atoms with van der Waals surface area (Å²) in [5.41, 5.74) is 3.62. The number of benzene rings is 4. The highest BCUT2D eigenvalue weighted by Crippen LogP contribution is 2.22. The van der Waals surface area contributed by atoms with E-state index in [1.165, 1.54) is 11.8 Å². The molecule has 4 aromatic rings. The number of ether oxygens (including phenoxy) is 1. The maximum Gasteiger partial charge on any atom is 0.272 e. The van der Waals surface area contributed by atoms with Crippen LogP contribution in [-0.4, -0.2) is 30.1 Å². The quantitative estimate of drug-likeness (QED) is 0.142. The van der Waals surface area contributed by atoms with Gasteiger partial charge in [0.25, 0.3) is 11.8 Å². The Balaban J connectivity index is 1.37. The number of hydrogen-bond donors (Lipinski definition) is 3. The summed E-state index contributed by atoms with van der Waals surface area (Å²) in [7, 11) is 0. The molecule has 0 aliphatic rings. The van der Waals surface area contributed by atoms with Gasteiger partial charge in [0.05, 0.1) is 12.4 Å². The Morgan fingerprint density at radius 2 is 1.41 bits per heavy atom. The van der Waals surface area contributed by atoms with E-state index < -0.39 is 5.91 Å². The summed E-state index contributed by atoms with van der Waals surface area (Å²) in [6, 6.07) is 30.8. The van der Waals surface area contributed by atoms with Crippen LogP contribution in [0.25, 0.3) is 6.08 Å². The van der Waals surface area contributed by atoms with Crippen molar-refractivity contribution in [3.8, 4) is 5.75 Å². The second kappa shape index (κ2) is 14.5. The van der Waals surface area contributed by atoms with Gasteiger partial charge >= 0.3 is 0 Å². The predicted octanol–water partition coefficient (Wildman–Crippen LogP) is 6.53. The molecule has 3 N–H and O–H groups in total. The van der Waals surface area contributed by atoms with Crippen LogP contribution in [0, 0.1) is 6.92 Å². The summed E-state index contributed by atoms with van der Waals surface area (Å²) in [6.07, 6.45) is 1.67. The first-order valence-electron chi connectivity index (χ1n) is 13.1. The third-order valence-corrected chi connectivity index (χ3v) is 6.96. The molecule has 208 valence electrons. The Morgan fingerprint density at radius 3 is 2.10 bits per heavy atom. The number of aryl methyl sites for hydroxylation is 1. The van der Waals surface area contributed by atoms with Crippen molar-refractivity contribution in [2.75, 3.05) is 23.0 Å². The molecule has 0 aromatic heterocycles. The molecule has 8 heteroatoms. The van der Waals surface area contributed by atoms with Gasteiger partial charge in [-0.25, -0.2) is 0 Å². The van der Waals surface area contributed by atoms with E-state index in [1.807, 2.05) is 68.4 Å². The van der Waals surface area contributed by atoms with Crippen molar-refractivity contribution in [2.45, 2.75) is 18.7 Å². The third-order valence-electron chi connectivity index (χ3n) is 5.95. The van der Waals surface area contributed by atoms with Crippen LogP contribution in [0.1, 0.15) is 28.4 Å². The molecule has 0 atom stereocenters. The van der Waals surface area contributed by atoms with E-state index in [0.29, 0.717) is 23.5 Å². The standard InChI is InChI=1S/C33H31N3O4S/c1-3-40-28-17-13-26(14-18-28)34-31(37)22-41-29-19-15-27(16-20-29)35-33(39)30(21-25-12-8-7-9-23(25)2)36-32(38)24-10-5-4-6-11-24/h4-21H,3,22H2,1-2H3,(H,34,37)(H,35,39)(H,36,38)/b30-21-. The molecular formula is C33H31N3O4S. The summed E-state index contributed by atoms with van der Waals surface area (Å²) in [6.45, 7) is 4.44. The molecule has 0 saturated carbocycles. The summed E-state index contributed by atoms with van der Waals surface area (Å²) in [4.78, 5) is 39.4. The van der Waals surface area contributed by atoms with Crippen LogP contribution in [0.3, 0.4) is 0 Å². The van der Waals surface area contributed by atoms with E-state index in [4.69, 9.17) is 4.74 Å². The number of amides is 3. The molecule has 7 nitrogen and oxygen atoms in total. The van der Waals surface area contributed by atoms with Crippen molar-refractivity contribution in [1.82, 2.24) is 5.32 Å². The van der Waals surface area contributed by atoms with Gasteiger partial charge in [0.15, 0.2) is 0 Å². The molecule has 0 unspecified atom stereocenters. The fourth-order valence-electron chi connectivity index (χ4n) is 3.83. The minimum atomic E-state index is -0.451. The summed E-state index contributed by atoms with van der Waals surface area (Å²) in [5, 5.41) is 8.48. The molecule has 0 spiro atoms. The zero-order valence-corrected chi connectivity index (χ0v) is 23.7. The number of nitrogens with one attached hydrogen (secondary N) is 3. The van der Waals surface area contributed by atoms with E-state index in [2.05, 4.69) is 16.0 Å². The molecule has 0 bridgehead atoms. The summed E-state index contributed by atoms with van der Waals surface area (Å²) < 4.78 is 5.42. The smallest absolute Gasteiger partial charge is 0.272 e. The number of carbonyl (C=O) groups excluding carboxylic acids is 3. The third kappa shape index (κ3) is 8.84. The highest BCUT2D eigenvalue weighted by atomic mass is 32.2. The number of anilines is 2. The van der Waals surface area contributed by atoms with Crippen LogP contribution < -0.4 is 20.7 Å². The summed E-state index contributed by atoms with van der Waals surface area (Å²) >= 11 is 1.38. The van der Waals surface area contributed by atoms with Gasteiger partial charge in [0, 0.05) is 21.8 Å². The van der Waals surface area contributed by atoms with Crippen LogP contribution >= 0.6 is 11.8 Å². The topological polar surface area (TPSA) is 96.5 Å². The van der Waals surface area contributed by atoms with Crippen LogP contribution in [-0.2, 0) is 9.59 Å². The van der Waals surface area contributed by atoms with Crippen LogP contribution in [0.4, 0.5) is 11.4 Å². The largest absolute Gasteiger partial charge is 0.494 e. The number of hydrogen-bond acceptors (Lipinski definition) is 5. The Morgan fingerprint density at radius 1 is 0.780 bits per heavy atom. The van der Waals surface area contributed by atoms with Crippen molar-refractivity contribution in [2.24, 2.45) is 0 Å². The minimum absolute atomic E-state index is 0.123. The second-order valence-electron chi connectivity index (χ2n) is 9.01. The first-order valence-corrected chi connectivity index (χ1v) is 14.1. The zero-order valence-electron chi connectivity index (χ0n) is 22.8. The maximum absolute atomic E-state index is 13.3. The molecular weight excluding hydrogens is 534 g/mol. The minimum Gasteiger partial charge on any atom is -0.494 e. The number of thioether (sulfide) groups is 1. The second-order valence-corrected chi connectivity index (χ2v) is 10.1. The van der Waals surface area contributed by atoms with E-state index in [9.17, 15) is 14.4 Å². The molecule has 3 amide bonds. The molecule has 41 heavy (non-hydrogen) atoms. The maximum atomic E-state index is 13.3. The van der Waals surface area contributed by atoms with Crippen LogP contribution in [0.2, 0.25) is 0 Å². The Labute approximate surface area is 244 Å². The molecule has 0 radical (unpaired) electrons. The first kappa shape index (κ1) is 29.2. The number of carbonyl (C=O) groups is 3. The normalized spacial score (nSPS) is 10.9. The molecule has 4 aromatic carbocycles. The van der Waals surface area contributed by atoms with Gasteiger partial charge in [-0.2, -0.15) is 0 Å². The van der Waals surface area contributed by atoms with E-state index in [-0.39, 0.29) is 23.3 Å². The molecule has 0 aliphatic heterocycles. The molecule has 0 saturated heterocycles. The van der Waals surface area contributed by atoms with Crippen LogP contribution in [0.5, 0.6) is 5.75 Å². The predicted molar refractivity (Wildman–Crippen MR) is 165 cm³/mol. The van der Waals surface area contributed by atoms with Gasteiger partial charge in [0.2, 0.25) is 5.91 Å². The monoisotopic (exact) mass is 565 g/mol. The van der Waals surface area contributed by atoms with E-state index in [1.54, 1.807) is 54.6 Å². The zero-order chi connectivity index (χ0) is 29.0. The molecule has 0 heterocycles. The highest BCUT2D eigenvalue weighted by Gasteiger charge is 2.15. The molecule has 0 fully saturated rings. The van der Waals surface area contributed by atoms with E-state index in [0.717, 1.165) is 21.8 Å². The molecule has 4 rings (SSSR count). The Bertz CT molecular complexity index is 1520. The van der Waals surface area contributed by atoms with Gasteiger partial charge in [-0.1, -0.05) is 42.5 Å². The van der Waals surface area contributed by atoms with Gasteiger partial charge in [-0.3, -0.25) is 14.4 Å². The fourth-order valence-corrected chi connectivity index (χ4v) is 4.53. The van der Waals surface area contributed by atoms with Gasteiger partial charge < -0.3 is 20.7 Å². The average molecular weight is 566 g/mol. The van der Waals surface area contributed by atoms with Crippen molar-refractivity contribution in [1.29, 1.82) is 0 Å². The summed E-state index contributed by atoms with van der Waals surface area (Å²) in [5.74, 6) is 0.0249. The lowest BCUT2D eigenvalue weighted by atomic mass is 10.1. The lowest BCUT2D eigenvalue weighted by Gasteiger charge is -2.12. The average Bonchev–Trinajstić information content (AvgIpc) is 2.99. The van der Waals surface area contributed by atoms with Crippen molar-refractivity contribution >= 4 is 46.9 Å². The number of rotatable bonds is 11. The van der Waals surface area contributed by atoms with Crippen molar-refractivity contribution < 1.29 is 19.1 Å². The first-order chi connectivity index (χ1) is 19.9. The lowest BCUT2D eigenvalue weighted by Crippen LogP contribution is -2.30. The van der Waals surface area contributed by atoms with Gasteiger partial charge in [-0.15, -0.1) is 11.8 Å². The fraction of sp³-hybridized carbons (Fsp3) is 0.121. The highest BCUT2D eigenvalue weighted by molar-refractivity contribution is 8.00. The Kier molecular flexibility index (Phi) is 10.3. The molecule has 0 aliphatic carbocycles.